The van der Waals surface area contributed by atoms with E-state index in [1.54, 1.807) is 24.4 Å². The summed E-state index contributed by atoms with van der Waals surface area (Å²) in [6, 6.07) is 15.4. The van der Waals surface area contributed by atoms with E-state index in [1.807, 2.05) is 36.4 Å². The summed E-state index contributed by atoms with van der Waals surface area (Å²) in [5.74, 6) is -1.51. The number of carbonyl (C=O) groups is 2. The van der Waals surface area contributed by atoms with Crippen molar-refractivity contribution in [3.8, 4) is 0 Å². The third-order valence-corrected chi connectivity index (χ3v) is 4.92. The number of halogens is 1. The summed E-state index contributed by atoms with van der Waals surface area (Å²) in [6.07, 6.45) is 1.83. The van der Waals surface area contributed by atoms with E-state index in [-0.39, 0.29) is 6.42 Å². The zero-order chi connectivity index (χ0) is 17.8. The summed E-state index contributed by atoms with van der Waals surface area (Å²) in [7, 11) is 0. The number of para-hydroxylation sites is 1. The Kier molecular flexibility index (Phi) is 5.28. The lowest BCUT2D eigenvalue weighted by atomic mass is 10.0. The number of pyridine rings is 1. The molecule has 0 saturated heterocycles. The first-order chi connectivity index (χ1) is 12.1. The molecule has 0 saturated carbocycles. The Bertz CT molecular complexity index is 937. The van der Waals surface area contributed by atoms with Gasteiger partial charge in [-0.2, -0.15) is 0 Å². The standard InChI is InChI=1S/C19H15IN2O3/c20-15-9-2-1-5-13(15)11-16(19(24)25)22-18(23)14-8-3-6-12-7-4-10-21-17(12)14/h1-10,16H,11H2,(H,22,23)(H,24,25)/t16-/m1/s1. The third kappa shape index (κ3) is 3.96. The predicted molar refractivity (Wildman–Crippen MR) is 103 cm³/mol. The highest BCUT2D eigenvalue weighted by molar-refractivity contribution is 14.1. The molecule has 6 heteroatoms. The molecule has 25 heavy (non-hydrogen) atoms. The Morgan fingerprint density at radius 3 is 2.60 bits per heavy atom. The highest BCUT2D eigenvalue weighted by Crippen LogP contribution is 2.17. The van der Waals surface area contributed by atoms with Crippen molar-refractivity contribution in [3.63, 3.8) is 0 Å². The van der Waals surface area contributed by atoms with Crippen molar-refractivity contribution in [1.82, 2.24) is 10.3 Å². The van der Waals surface area contributed by atoms with Gasteiger partial charge in [0.25, 0.3) is 5.91 Å². The van der Waals surface area contributed by atoms with Crippen LogP contribution in [0, 0.1) is 3.57 Å². The summed E-state index contributed by atoms with van der Waals surface area (Å²) in [5.41, 5.74) is 1.81. The van der Waals surface area contributed by atoms with Gasteiger partial charge >= 0.3 is 5.97 Å². The molecule has 0 aliphatic rings. The second kappa shape index (κ2) is 7.60. The van der Waals surface area contributed by atoms with Crippen molar-refractivity contribution in [1.29, 1.82) is 0 Å². The number of hydrogen-bond acceptors (Lipinski definition) is 3. The molecular weight excluding hydrogens is 431 g/mol. The highest BCUT2D eigenvalue weighted by atomic mass is 127. The van der Waals surface area contributed by atoms with Gasteiger partial charge in [0.2, 0.25) is 0 Å². The van der Waals surface area contributed by atoms with Crippen LogP contribution in [-0.4, -0.2) is 28.0 Å². The maximum atomic E-state index is 12.6. The number of aliphatic carboxylic acids is 1. The number of carboxylic acid groups (broad SMARTS) is 1. The number of carbonyl (C=O) groups excluding carboxylic acids is 1. The Morgan fingerprint density at radius 2 is 1.84 bits per heavy atom. The zero-order valence-electron chi connectivity index (χ0n) is 13.1. The van der Waals surface area contributed by atoms with Crippen LogP contribution in [0.15, 0.2) is 60.8 Å². The fraction of sp³-hybridized carbons (Fsp3) is 0.105. The molecule has 0 aliphatic heterocycles. The molecule has 0 aliphatic carbocycles. The van der Waals surface area contributed by atoms with Gasteiger partial charge in [-0.3, -0.25) is 9.78 Å². The van der Waals surface area contributed by atoms with Gasteiger partial charge in [0.05, 0.1) is 11.1 Å². The normalized spacial score (nSPS) is 11.9. The van der Waals surface area contributed by atoms with Crippen LogP contribution in [0.1, 0.15) is 15.9 Å². The maximum absolute atomic E-state index is 12.6. The number of hydrogen-bond donors (Lipinski definition) is 2. The molecule has 1 amide bonds. The number of fused-ring (bicyclic) bond motifs is 1. The molecule has 0 bridgehead atoms. The predicted octanol–water partition coefficient (Wildman–Crippen LogP) is 3.27. The van der Waals surface area contributed by atoms with Crippen LogP contribution in [0.4, 0.5) is 0 Å². The zero-order valence-corrected chi connectivity index (χ0v) is 15.3. The highest BCUT2D eigenvalue weighted by Gasteiger charge is 2.23. The van der Waals surface area contributed by atoms with Crippen LogP contribution in [0.5, 0.6) is 0 Å². The molecule has 126 valence electrons. The van der Waals surface area contributed by atoms with Crippen LogP contribution >= 0.6 is 22.6 Å². The fourth-order valence-electron chi connectivity index (χ4n) is 2.61. The first kappa shape index (κ1) is 17.3. The molecular formula is C19H15IN2O3. The van der Waals surface area contributed by atoms with Crippen molar-refractivity contribution in [2.45, 2.75) is 12.5 Å². The maximum Gasteiger partial charge on any atom is 0.326 e. The lowest BCUT2D eigenvalue weighted by Gasteiger charge is -2.16. The van der Waals surface area contributed by atoms with Crippen molar-refractivity contribution >= 4 is 45.4 Å². The minimum absolute atomic E-state index is 0.221. The van der Waals surface area contributed by atoms with Crippen molar-refractivity contribution in [2.75, 3.05) is 0 Å². The molecule has 1 heterocycles. The van der Waals surface area contributed by atoms with E-state index in [9.17, 15) is 14.7 Å². The van der Waals surface area contributed by atoms with E-state index in [0.717, 1.165) is 14.5 Å². The second-order valence-corrected chi connectivity index (χ2v) is 6.70. The Labute approximate surface area is 158 Å². The summed E-state index contributed by atoms with van der Waals surface area (Å²) < 4.78 is 0.965. The van der Waals surface area contributed by atoms with Crippen LogP contribution in [0.2, 0.25) is 0 Å². The molecule has 2 aromatic carbocycles. The summed E-state index contributed by atoms with van der Waals surface area (Å²) in [4.78, 5) is 28.5. The molecule has 0 unspecified atom stereocenters. The summed E-state index contributed by atoms with van der Waals surface area (Å²) >= 11 is 2.16. The van der Waals surface area contributed by atoms with Crippen molar-refractivity contribution in [3.05, 3.63) is 75.5 Å². The van der Waals surface area contributed by atoms with Gasteiger partial charge < -0.3 is 10.4 Å². The van der Waals surface area contributed by atoms with Crippen molar-refractivity contribution in [2.24, 2.45) is 0 Å². The van der Waals surface area contributed by atoms with E-state index in [2.05, 4.69) is 32.9 Å². The Hall–Kier alpha value is -2.48. The number of carboxylic acids is 1. The summed E-state index contributed by atoms with van der Waals surface area (Å²) in [5, 5.41) is 13.0. The molecule has 0 fully saturated rings. The van der Waals surface area contributed by atoms with E-state index in [1.165, 1.54) is 0 Å². The van der Waals surface area contributed by atoms with E-state index in [4.69, 9.17) is 0 Å². The monoisotopic (exact) mass is 446 g/mol. The lowest BCUT2D eigenvalue weighted by Crippen LogP contribution is -2.42. The molecule has 3 aromatic rings. The molecule has 5 nitrogen and oxygen atoms in total. The molecule has 0 spiro atoms. The first-order valence-corrected chi connectivity index (χ1v) is 8.75. The smallest absolute Gasteiger partial charge is 0.326 e. The Balaban J connectivity index is 1.86. The second-order valence-electron chi connectivity index (χ2n) is 5.54. The number of amides is 1. The average molecular weight is 446 g/mol. The SMILES string of the molecule is O=C(N[C@H](Cc1ccccc1I)C(=O)O)c1cccc2cccnc12. The van der Waals surface area contributed by atoms with Gasteiger partial charge in [0.15, 0.2) is 0 Å². The van der Waals surface area contributed by atoms with Gasteiger partial charge in [0, 0.05) is 21.6 Å². The van der Waals surface area contributed by atoms with E-state index in [0.29, 0.717) is 11.1 Å². The van der Waals surface area contributed by atoms with Gasteiger partial charge in [-0.25, -0.2) is 4.79 Å². The topological polar surface area (TPSA) is 79.3 Å². The van der Waals surface area contributed by atoms with Crippen LogP contribution < -0.4 is 5.32 Å². The quantitative estimate of drug-likeness (QED) is 0.590. The van der Waals surface area contributed by atoms with Gasteiger partial charge in [-0.05, 0) is 46.4 Å². The van der Waals surface area contributed by atoms with Gasteiger partial charge in [-0.15, -0.1) is 0 Å². The molecule has 3 rings (SSSR count). The Morgan fingerprint density at radius 1 is 1.08 bits per heavy atom. The minimum Gasteiger partial charge on any atom is -0.480 e. The molecule has 1 aromatic heterocycles. The number of benzene rings is 2. The van der Waals surface area contributed by atoms with Gasteiger partial charge in [0.1, 0.15) is 6.04 Å². The number of nitrogens with one attached hydrogen (secondary N) is 1. The third-order valence-electron chi connectivity index (χ3n) is 3.86. The van der Waals surface area contributed by atoms with Crippen LogP contribution in [0.3, 0.4) is 0 Å². The number of nitrogens with zero attached hydrogens (tertiary/aromatic N) is 1. The average Bonchev–Trinajstić information content (AvgIpc) is 2.62. The van der Waals surface area contributed by atoms with E-state index < -0.39 is 17.9 Å². The minimum atomic E-state index is -1.07. The molecule has 0 radical (unpaired) electrons. The number of aromatic nitrogens is 1. The summed E-state index contributed by atoms with van der Waals surface area (Å²) in [6.45, 7) is 0. The lowest BCUT2D eigenvalue weighted by molar-refractivity contribution is -0.139. The largest absolute Gasteiger partial charge is 0.480 e. The number of rotatable bonds is 5. The van der Waals surface area contributed by atoms with Crippen molar-refractivity contribution < 1.29 is 14.7 Å². The van der Waals surface area contributed by atoms with Gasteiger partial charge in [-0.1, -0.05) is 36.4 Å². The fourth-order valence-corrected chi connectivity index (χ4v) is 3.21. The molecule has 1 atom stereocenters. The van der Waals surface area contributed by atoms with Crippen LogP contribution in [0.25, 0.3) is 10.9 Å². The molecule has 2 N–H and O–H groups in total. The van der Waals surface area contributed by atoms with Crippen LogP contribution in [-0.2, 0) is 11.2 Å². The first-order valence-electron chi connectivity index (χ1n) is 7.67. The van der Waals surface area contributed by atoms with E-state index >= 15 is 0 Å².